The van der Waals surface area contributed by atoms with E-state index in [1.807, 2.05) is 18.2 Å². The molecule has 1 aliphatic carbocycles. The van der Waals surface area contributed by atoms with E-state index in [4.69, 9.17) is 14.4 Å². The Bertz CT molecular complexity index is 3150. The van der Waals surface area contributed by atoms with Gasteiger partial charge >= 0.3 is 0 Å². The van der Waals surface area contributed by atoms with Gasteiger partial charge in [-0.2, -0.15) is 0 Å². The fourth-order valence-electron chi connectivity index (χ4n) is 9.22. The minimum atomic E-state index is -0.136. The van der Waals surface area contributed by atoms with Crippen LogP contribution in [-0.2, 0) is 0 Å². The number of hydrogen-bond acceptors (Lipinski definition) is 4. The minimum absolute atomic E-state index is 0.136. The molecule has 3 heterocycles. The van der Waals surface area contributed by atoms with Crippen LogP contribution in [0.5, 0.6) is 0 Å². The number of rotatable bonds is 5. The van der Waals surface area contributed by atoms with Crippen molar-refractivity contribution in [3.8, 4) is 56.0 Å². The van der Waals surface area contributed by atoms with Gasteiger partial charge in [-0.15, -0.1) is 0 Å². The van der Waals surface area contributed by atoms with Gasteiger partial charge in [0, 0.05) is 27.6 Å². The van der Waals surface area contributed by atoms with E-state index in [1.165, 1.54) is 33.4 Å². The number of para-hydroxylation sites is 1. The second-order valence-electron chi connectivity index (χ2n) is 15.2. The SMILES string of the molecule is C=C1c2ccccc2-c2c1cccc2-c1ccc2oc3cccc(-c4nc(-c5ccccc5)nc5c4-c4ccccc4C(C(=C)C)N5c4ccccc4C)c3c2c1. The summed E-state index contributed by atoms with van der Waals surface area (Å²) in [5.74, 6) is 1.51. The Hall–Kier alpha value is -7.30. The first-order chi connectivity index (χ1) is 28.0. The average Bonchev–Trinajstić information content (AvgIpc) is 3.77. The van der Waals surface area contributed by atoms with E-state index in [2.05, 4.69) is 171 Å². The molecule has 0 amide bonds. The highest BCUT2D eigenvalue weighted by atomic mass is 16.3. The first-order valence-corrected chi connectivity index (χ1v) is 19.4. The summed E-state index contributed by atoms with van der Waals surface area (Å²) in [6.07, 6.45) is 0. The van der Waals surface area contributed by atoms with E-state index in [1.54, 1.807) is 0 Å². The molecule has 9 aromatic rings. The molecular weight excluding hydrogens is 695 g/mol. The third-order valence-corrected chi connectivity index (χ3v) is 11.7. The van der Waals surface area contributed by atoms with Gasteiger partial charge in [0.25, 0.3) is 0 Å². The number of aryl methyl sites for hydroxylation is 1. The molecule has 2 aromatic heterocycles. The molecule has 0 fully saturated rings. The zero-order chi connectivity index (χ0) is 38.4. The lowest BCUT2D eigenvalue weighted by molar-refractivity contribution is 0.669. The number of anilines is 2. The van der Waals surface area contributed by atoms with Crippen molar-refractivity contribution in [1.82, 2.24) is 9.97 Å². The van der Waals surface area contributed by atoms with Gasteiger partial charge in [0.2, 0.25) is 0 Å². The highest BCUT2D eigenvalue weighted by molar-refractivity contribution is 6.16. The van der Waals surface area contributed by atoms with Crippen molar-refractivity contribution >= 4 is 39.0 Å². The summed E-state index contributed by atoms with van der Waals surface area (Å²) in [6.45, 7) is 13.3. The Labute approximate surface area is 331 Å². The Morgan fingerprint density at radius 2 is 1.28 bits per heavy atom. The zero-order valence-corrected chi connectivity index (χ0v) is 31.8. The maximum absolute atomic E-state index is 6.67. The summed E-state index contributed by atoms with van der Waals surface area (Å²) in [6, 6.07) is 55.4. The first kappa shape index (κ1) is 33.1. The number of benzene rings is 7. The van der Waals surface area contributed by atoms with Gasteiger partial charge in [-0.05, 0) is 93.8 Å². The highest BCUT2D eigenvalue weighted by Crippen LogP contribution is 2.54. The number of furan rings is 1. The van der Waals surface area contributed by atoms with Gasteiger partial charge in [0.05, 0.1) is 17.3 Å². The predicted molar refractivity (Wildman–Crippen MR) is 235 cm³/mol. The van der Waals surface area contributed by atoms with Crippen LogP contribution in [0.4, 0.5) is 11.5 Å². The summed E-state index contributed by atoms with van der Waals surface area (Å²) in [5, 5.41) is 2.06. The monoisotopic (exact) mass is 731 g/mol. The molecule has 0 N–H and O–H groups in total. The Kier molecular flexibility index (Phi) is 7.32. The van der Waals surface area contributed by atoms with E-state index in [0.29, 0.717) is 5.82 Å². The quantitative estimate of drug-likeness (QED) is 0.165. The topological polar surface area (TPSA) is 42.2 Å². The Morgan fingerprint density at radius 1 is 0.596 bits per heavy atom. The molecule has 4 heteroatoms. The predicted octanol–water partition coefficient (Wildman–Crippen LogP) is 14.2. The fourth-order valence-corrected chi connectivity index (χ4v) is 9.22. The van der Waals surface area contributed by atoms with Crippen LogP contribution in [0.15, 0.2) is 181 Å². The van der Waals surface area contributed by atoms with Crippen LogP contribution in [0.3, 0.4) is 0 Å². The lowest BCUT2D eigenvalue weighted by Gasteiger charge is -2.41. The van der Waals surface area contributed by atoms with Crippen LogP contribution in [0, 0.1) is 6.92 Å². The Balaban J connectivity index is 1.22. The number of fused-ring (bicyclic) bond motifs is 9. The minimum Gasteiger partial charge on any atom is -0.456 e. The lowest BCUT2D eigenvalue weighted by Crippen LogP contribution is -2.31. The van der Waals surface area contributed by atoms with Crippen molar-refractivity contribution in [1.29, 1.82) is 0 Å². The molecular formula is C53H37N3O. The molecule has 0 spiro atoms. The molecule has 2 aliphatic rings. The van der Waals surface area contributed by atoms with Gasteiger partial charge in [-0.1, -0.05) is 152 Å². The zero-order valence-electron chi connectivity index (χ0n) is 31.8. The molecule has 1 aliphatic heterocycles. The molecule has 270 valence electrons. The van der Waals surface area contributed by atoms with E-state index in [0.717, 1.165) is 83.7 Å². The van der Waals surface area contributed by atoms with E-state index in [-0.39, 0.29) is 6.04 Å². The van der Waals surface area contributed by atoms with Crippen molar-refractivity contribution in [2.45, 2.75) is 19.9 Å². The first-order valence-electron chi connectivity index (χ1n) is 19.4. The van der Waals surface area contributed by atoms with Crippen molar-refractivity contribution in [2.75, 3.05) is 4.90 Å². The summed E-state index contributed by atoms with van der Waals surface area (Å²) < 4.78 is 6.67. The van der Waals surface area contributed by atoms with Gasteiger partial charge in [-0.3, -0.25) is 0 Å². The standard InChI is InChI=1S/C53H37N3O/c1-31(2)51-41-22-12-11-21-40(41)49-50(54-52(34-17-6-5-7-18-34)55-53(49)56(51)44-26-13-8-16-32(44)3)42-25-15-27-46-48(42)43-30-35(28-29-45(43)57-46)38-24-14-23-37-33(4)36-19-9-10-20-39(36)47(37)38/h5-30,51H,1,4H2,2-3H3. The van der Waals surface area contributed by atoms with Crippen LogP contribution in [0.2, 0.25) is 0 Å². The summed E-state index contributed by atoms with van der Waals surface area (Å²) >= 11 is 0. The molecule has 0 bridgehead atoms. The second-order valence-corrected chi connectivity index (χ2v) is 15.2. The number of hydrogen-bond donors (Lipinski definition) is 0. The van der Waals surface area contributed by atoms with Gasteiger partial charge in [0.1, 0.15) is 17.0 Å². The van der Waals surface area contributed by atoms with E-state index in [9.17, 15) is 0 Å². The molecule has 11 rings (SSSR count). The fraction of sp³-hybridized carbons (Fsp3) is 0.0566. The molecule has 1 unspecified atom stereocenters. The molecule has 1 atom stereocenters. The lowest BCUT2D eigenvalue weighted by atomic mass is 9.84. The number of aromatic nitrogens is 2. The third kappa shape index (κ3) is 4.94. The van der Waals surface area contributed by atoms with Crippen molar-refractivity contribution in [3.63, 3.8) is 0 Å². The molecule has 7 aromatic carbocycles. The largest absolute Gasteiger partial charge is 0.456 e. The summed E-state index contributed by atoms with van der Waals surface area (Å²) in [4.78, 5) is 13.4. The van der Waals surface area contributed by atoms with Crippen molar-refractivity contribution in [2.24, 2.45) is 0 Å². The normalized spacial score (nSPS) is 14.0. The maximum Gasteiger partial charge on any atom is 0.162 e. The van der Waals surface area contributed by atoms with E-state index < -0.39 is 0 Å². The number of nitrogens with zero attached hydrogens (tertiary/aromatic N) is 3. The van der Waals surface area contributed by atoms with Gasteiger partial charge < -0.3 is 9.32 Å². The van der Waals surface area contributed by atoms with Crippen molar-refractivity contribution in [3.05, 3.63) is 199 Å². The summed E-state index contributed by atoms with van der Waals surface area (Å²) in [7, 11) is 0. The molecule has 57 heavy (non-hydrogen) atoms. The van der Waals surface area contributed by atoms with Crippen LogP contribution in [0.1, 0.15) is 35.2 Å². The summed E-state index contributed by atoms with van der Waals surface area (Å²) in [5.41, 5.74) is 19.1. The van der Waals surface area contributed by atoms with Crippen molar-refractivity contribution < 1.29 is 4.42 Å². The van der Waals surface area contributed by atoms with E-state index >= 15 is 0 Å². The Morgan fingerprint density at radius 3 is 2.11 bits per heavy atom. The van der Waals surface area contributed by atoms with Crippen LogP contribution < -0.4 is 4.90 Å². The average molecular weight is 732 g/mol. The molecule has 0 saturated heterocycles. The molecule has 4 nitrogen and oxygen atoms in total. The highest BCUT2D eigenvalue weighted by Gasteiger charge is 2.37. The van der Waals surface area contributed by atoms with Crippen LogP contribution >= 0.6 is 0 Å². The van der Waals surface area contributed by atoms with Crippen LogP contribution in [-0.4, -0.2) is 9.97 Å². The molecule has 0 radical (unpaired) electrons. The molecule has 0 saturated carbocycles. The van der Waals surface area contributed by atoms with Crippen LogP contribution in [0.25, 0.3) is 83.5 Å². The maximum atomic E-state index is 6.67. The van der Waals surface area contributed by atoms with Gasteiger partial charge in [0.15, 0.2) is 5.82 Å². The second kappa shape index (κ2) is 12.6. The third-order valence-electron chi connectivity index (χ3n) is 11.7. The smallest absolute Gasteiger partial charge is 0.162 e. The van der Waals surface area contributed by atoms with Gasteiger partial charge in [-0.25, -0.2) is 9.97 Å².